The van der Waals surface area contributed by atoms with Gasteiger partial charge in [-0.1, -0.05) is 76.7 Å². The van der Waals surface area contributed by atoms with E-state index >= 15 is 0 Å². The minimum Gasteiger partial charge on any atom is -0.491 e. The normalized spacial score (nSPS) is 10.6. The lowest BCUT2D eigenvalue weighted by molar-refractivity contribution is 0.0970. The average molecular weight is 304 g/mol. The summed E-state index contributed by atoms with van der Waals surface area (Å²) >= 11 is 0. The third kappa shape index (κ3) is 9.62. The van der Waals surface area contributed by atoms with Crippen molar-refractivity contribution >= 4 is 6.08 Å². The molecule has 0 aliphatic rings. The summed E-state index contributed by atoms with van der Waals surface area (Å²) in [6.07, 6.45) is 12.5. The Bertz CT molecular complexity index is 387. The zero-order valence-corrected chi connectivity index (χ0v) is 14.2. The highest BCUT2D eigenvalue weighted by Crippen LogP contribution is 2.13. The second kappa shape index (κ2) is 13.4. The second-order valence-corrected chi connectivity index (χ2v) is 5.71. The van der Waals surface area contributed by atoms with E-state index in [1.165, 1.54) is 51.4 Å². The van der Waals surface area contributed by atoms with Crippen molar-refractivity contribution in [1.29, 1.82) is 0 Å². The molecule has 2 heteroatoms. The first-order chi connectivity index (χ1) is 10.9. The van der Waals surface area contributed by atoms with E-state index in [1.807, 2.05) is 30.3 Å². The van der Waals surface area contributed by atoms with Crippen LogP contribution in [-0.2, 0) is 4.74 Å². The van der Waals surface area contributed by atoms with Gasteiger partial charge in [0.05, 0.1) is 6.61 Å². The van der Waals surface area contributed by atoms with Crippen molar-refractivity contribution in [2.75, 3.05) is 19.8 Å². The Morgan fingerprint density at radius 2 is 1.64 bits per heavy atom. The topological polar surface area (TPSA) is 18.5 Å². The molecule has 0 atom stereocenters. The Morgan fingerprint density at radius 3 is 2.36 bits per heavy atom. The lowest BCUT2D eigenvalue weighted by Crippen LogP contribution is -2.07. The van der Waals surface area contributed by atoms with Crippen LogP contribution in [0.1, 0.15) is 63.9 Å². The maximum Gasteiger partial charge on any atom is 0.120 e. The van der Waals surface area contributed by atoms with Gasteiger partial charge in [-0.25, -0.2) is 0 Å². The van der Waals surface area contributed by atoms with Crippen molar-refractivity contribution in [2.45, 2.75) is 58.3 Å². The van der Waals surface area contributed by atoms with Gasteiger partial charge in [-0.2, -0.15) is 0 Å². The maximum atomic E-state index is 5.66. The summed E-state index contributed by atoms with van der Waals surface area (Å²) in [5.74, 6) is 0.882. The van der Waals surface area contributed by atoms with Crippen molar-refractivity contribution in [2.24, 2.45) is 0 Å². The van der Waals surface area contributed by atoms with E-state index in [0.717, 1.165) is 17.9 Å². The van der Waals surface area contributed by atoms with Gasteiger partial charge in [-0.3, -0.25) is 0 Å². The third-order valence-electron chi connectivity index (χ3n) is 3.73. The molecule has 0 saturated heterocycles. The average Bonchev–Trinajstić information content (AvgIpc) is 2.56. The molecule has 0 fully saturated rings. The lowest BCUT2D eigenvalue weighted by atomic mass is 10.1. The van der Waals surface area contributed by atoms with E-state index < -0.39 is 0 Å². The summed E-state index contributed by atoms with van der Waals surface area (Å²) in [7, 11) is 0. The molecule has 124 valence electrons. The maximum absolute atomic E-state index is 5.66. The summed E-state index contributed by atoms with van der Waals surface area (Å²) in [6, 6.07) is 7.95. The highest BCUT2D eigenvalue weighted by molar-refractivity contribution is 5.49. The summed E-state index contributed by atoms with van der Waals surface area (Å²) in [5, 5.41) is 0. The van der Waals surface area contributed by atoms with Gasteiger partial charge in [0.2, 0.25) is 0 Å². The quantitative estimate of drug-likeness (QED) is 0.400. The molecule has 0 aliphatic carbocycles. The highest BCUT2D eigenvalue weighted by atomic mass is 16.5. The first kappa shape index (κ1) is 18.8. The fraction of sp³-hybridized carbons (Fsp3) is 0.600. The molecule has 0 unspecified atom stereocenters. The number of benzene rings is 1. The first-order valence-electron chi connectivity index (χ1n) is 8.80. The largest absolute Gasteiger partial charge is 0.491 e. The van der Waals surface area contributed by atoms with Crippen molar-refractivity contribution in [3.8, 4) is 5.75 Å². The molecule has 0 radical (unpaired) electrons. The van der Waals surface area contributed by atoms with Crippen molar-refractivity contribution < 1.29 is 9.47 Å². The molecule has 22 heavy (non-hydrogen) atoms. The summed E-state index contributed by atoms with van der Waals surface area (Å²) < 4.78 is 11.3. The summed E-state index contributed by atoms with van der Waals surface area (Å²) in [5.41, 5.74) is 1.08. The van der Waals surface area contributed by atoms with Gasteiger partial charge >= 0.3 is 0 Å². The molecule has 0 amide bonds. The molecule has 2 nitrogen and oxygen atoms in total. The van der Waals surface area contributed by atoms with E-state index in [2.05, 4.69) is 13.5 Å². The number of unbranched alkanes of at least 4 members (excludes halogenated alkanes) is 7. The van der Waals surface area contributed by atoms with E-state index in [4.69, 9.17) is 9.47 Å². The van der Waals surface area contributed by atoms with Crippen LogP contribution in [0.2, 0.25) is 0 Å². The molecular formula is C20H32O2. The SMILES string of the molecule is C=Cc1cccc(OCCOCCCCCCCCCC)c1. The number of hydrogen-bond acceptors (Lipinski definition) is 2. The van der Waals surface area contributed by atoms with Crippen LogP contribution in [0.3, 0.4) is 0 Å². The van der Waals surface area contributed by atoms with Crippen LogP contribution in [0.15, 0.2) is 30.8 Å². The molecule has 0 bridgehead atoms. The van der Waals surface area contributed by atoms with Gasteiger partial charge in [0.25, 0.3) is 0 Å². The van der Waals surface area contributed by atoms with Gasteiger partial charge in [0.1, 0.15) is 12.4 Å². The van der Waals surface area contributed by atoms with Crippen LogP contribution in [0, 0.1) is 0 Å². The highest BCUT2D eigenvalue weighted by Gasteiger charge is 1.96. The number of rotatable bonds is 14. The van der Waals surface area contributed by atoms with Crippen LogP contribution in [-0.4, -0.2) is 19.8 Å². The molecule has 1 aromatic carbocycles. The van der Waals surface area contributed by atoms with Crippen LogP contribution in [0.25, 0.3) is 6.08 Å². The molecule has 0 heterocycles. The molecule has 1 aromatic rings. The lowest BCUT2D eigenvalue weighted by Gasteiger charge is -2.08. The number of ether oxygens (including phenoxy) is 2. The van der Waals surface area contributed by atoms with E-state index in [9.17, 15) is 0 Å². The van der Waals surface area contributed by atoms with Crippen molar-refractivity contribution in [3.63, 3.8) is 0 Å². The van der Waals surface area contributed by atoms with Crippen molar-refractivity contribution in [3.05, 3.63) is 36.4 Å². The minimum absolute atomic E-state index is 0.609. The first-order valence-corrected chi connectivity index (χ1v) is 8.80. The van der Waals surface area contributed by atoms with Gasteiger partial charge in [0.15, 0.2) is 0 Å². The van der Waals surface area contributed by atoms with E-state index in [-0.39, 0.29) is 0 Å². The molecule has 0 saturated carbocycles. The molecule has 0 aliphatic heterocycles. The molecule has 0 aromatic heterocycles. The van der Waals surface area contributed by atoms with Gasteiger partial charge in [-0.05, 0) is 24.1 Å². The smallest absolute Gasteiger partial charge is 0.120 e. The monoisotopic (exact) mass is 304 g/mol. The van der Waals surface area contributed by atoms with Crippen LogP contribution < -0.4 is 4.74 Å². The zero-order valence-electron chi connectivity index (χ0n) is 14.2. The Kier molecular flexibility index (Phi) is 11.4. The zero-order chi connectivity index (χ0) is 15.9. The summed E-state index contributed by atoms with van der Waals surface area (Å²) in [6.45, 7) is 8.14. The Labute approximate surface area is 136 Å². The fourth-order valence-electron chi connectivity index (χ4n) is 2.39. The van der Waals surface area contributed by atoms with Crippen LogP contribution in [0.4, 0.5) is 0 Å². The summed E-state index contributed by atoms with van der Waals surface area (Å²) in [4.78, 5) is 0. The number of hydrogen-bond donors (Lipinski definition) is 0. The van der Waals surface area contributed by atoms with E-state index in [0.29, 0.717) is 13.2 Å². The predicted octanol–water partition coefficient (Wildman–Crippen LogP) is 5.87. The fourth-order valence-corrected chi connectivity index (χ4v) is 2.39. The van der Waals surface area contributed by atoms with Crippen LogP contribution in [0.5, 0.6) is 5.75 Å². The molecular weight excluding hydrogens is 272 g/mol. The minimum atomic E-state index is 0.609. The van der Waals surface area contributed by atoms with Gasteiger partial charge < -0.3 is 9.47 Å². The molecule has 0 N–H and O–H groups in total. The van der Waals surface area contributed by atoms with Crippen molar-refractivity contribution in [1.82, 2.24) is 0 Å². The molecule has 0 spiro atoms. The van der Waals surface area contributed by atoms with E-state index in [1.54, 1.807) is 0 Å². The second-order valence-electron chi connectivity index (χ2n) is 5.71. The predicted molar refractivity (Wildman–Crippen MR) is 95.5 cm³/mol. The Morgan fingerprint density at radius 1 is 0.909 bits per heavy atom. The van der Waals surface area contributed by atoms with Gasteiger partial charge in [0, 0.05) is 6.61 Å². The third-order valence-corrected chi connectivity index (χ3v) is 3.73. The Hall–Kier alpha value is -1.28. The Balaban J connectivity index is 1.88. The molecule has 1 rings (SSSR count). The van der Waals surface area contributed by atoms with Crippen LogP contribution >= 0.6 is 0 Å². The van der Waals surface area contributed by atoms with Gasteiger partial charge in [-0.15, -0.1) is 0 Å². The standard InChI is InChI=1S/C20H32O2/c1-3-5-6-7-8-9-10-11-15-21-16-17-22-20-14-12-13-19(4-2)18-20/h4,12-14,18H,2-3,5-11,15-17H2,1H3.